The summed E-state index contributed by atoms with van der Waals surface area (Å²) in [4.78, 5) is 0. The first-order chi connectivity index (χ1) is 9.32. The molecular formula is C14H20ClNO3S. The Bertz CT molecular complexity index is 545. The van der Waals surface area contributed by atoms with Gasteiger partial charge in [0.15, 0.2) is 0 Å². The topological polar surface area (TPSA) is 46.6 Å². The molecule has 1 fully saturated rings. The van der Waals surface area contributed by atoms with E-state index < -0.39 is 15.6 Å². The molecule has 0 aliphatic carbocycles. The zero-order valence-corrected chi connectivity index (χ0v) is 13.3. The van der Waals surface area contributed by atoms with Crippen molar-refractivity contribution in [3.63, 3.8) is 0 Å². The number of morpholine rings is 1. The van der Waals surface area contributed by atoms with Crippen LogP contribution in [0.15, 0.2) is 30.3 Å². The van der Waals surface area contributed by atoms with E-state index in [2.05, 4.69) is 0 Å². The van der Waals surface area contributed by atoms with Crippen molar-refractivity contribution < 1.29 is 13.2 Å². The van der Waals surface area contributed by atoms with Crippen LogP contribution in [0.25, 0.3) is 0 Å². The van der Waals surface area contributed by atoms with E-state index >= 15 is 0 Å². The Hall–Kier alpha value is -0.620. The van der Waals surface area contributed by atoms with Gasteiger partial charge in [-0.25, -0.2) is 8.42 Å². The fourth-order valence-electron chi connectivity index (χ4n) is 2.41. The summed E-state index contributed by atoms with van der Waals surface area (Å²) >= 11 is 5.84. The van der Waals surface area contributed by atoms with Gasteiger partial charge in [-0.3, -0.25) is 0 Å². The monoisotopic (exact) mass is 317 g/mol. The first kappa shape index (κ1) is 15.8. The molecule has 0 saturated carbocycles. The predicted octanol–water partition coefficient (Wildman–Crippen LogP) is 2.23. The maximum atomic E-state index is 12.5. The van der Waals surface area contributed by atoms with Gasteiger partial charge in [-0.1, -0.05) is 30.3 Å². The zero-order chi connectivity index (χ0) is 14.8. The SMILES string of the molecule is CC1(C)CN(S(=O)(=O)Cc2ccccc2)CC(CCl)O1. The predicted molar refractivity (Wildman–Crippen MR) is 80.3 cm³/mol. The van der Waals surface area contributed by atoms with Gasteiger partial charge < -0.3 is 4.74 Å². The molecule has 1 aromatic carbocycles. The van der Waals surface area contributed by atoms with E-state index in [-0.39, 0.29) is 11.9 Å². The number of halogens is 1. The van der Waals surface area contributed by atoms with E-state index in [1.807, 2.05) is 44.2 Å². The highest BCUT2D eigenvalue weighted by Gasteiger charge is 2.38. The molecule has 0 N–H and O–H groups in total. The molecule has 2 rings (SSSR count). The minimum Gasteiger partial charge on any atom is -0.368 e. The normalized spacial score (nSPS) is 23.6. The van der Waals surface area contributed by atoms with Crippen molar-refractivity contribution in [1.82, 2.24) is 4.31 Å². The molecule has 0 aromatic heterocycles. The molecule has 0 bridgehead atoms. The van der Waals surface area contributed by atoms with Crippen LogP contribution in [0.2, 0.25) is 0 Å². The molecule has 4 nitrogen and oxygen atoms in total. The Morgan fingerprint density at radius 3 is 2.60 bits per heavy atom. The molecule has 1 saturated heterocycles. The standard InChI is InChI=1S/C14H20ClNO3S/c1-14(2)11-16(9-13(8-15)19-14)20(17,18)10-12-6-4-3-5-7-12/h3-7,13H,8-11H2,1-2H3. The maximum absolute atomic E-state index is 12.5. The molecule has 1 aliphatic heterocycles. The Morgan fingerprint density at radius 2 is 2.00 bits per heavy atom. The van der Waals surface area contributed by atoms with E-state index in [1.54, 1.807) is 0 Å². The van der Waals surface area contributed by atoms with Crippen molar-refractivity contribution in [3.8, 4) is 0 Å². The Morgan fingerprint density at radius 1 is 1.35 bits per heavy atom. The molecule has 1 unspecified atom stereocenters. The maximum Gasteiger partial charge on any atom is 0.218 e. The molecule has 0 radical (unpaired) electrons. The number of alkyl halides is 1. The van der Waals surface area contributed by atoms with Gasteiger partial charge in [0.2, 0.25) is 10.0 Å². The van der Waals surface area contributed by atoms with Crippen molar-refractivity contribution in [2.24, 2.45) is 0 Å². The van der Waals surface area contributed by atoms with Gasteiger partial charge in [0, 0.05) is 19.0 Å². The number of nitrogens with zero attached hydrogens (tertiary/aromatic N) is 1. The summed E-state index contributed by atoms with van der Waals surface area (Å²) in [6.45, 7) is 4.45. The molecule has 1 atom stereocenters. The third-order valence-electron chi connectivity index (χ3n) is 3.21. The quantitative estimate of drug-likeness (QED) is 0.800. The van der Waals surface area contributed by atoms with Crippen molar-refractivity contribution in [2.75, 3.05) is 19.0 Å². The molecule has 0 amide bonds. The lowest BCUT2D eigenvalue weighted by Gasteiger charge is -2.41. The van der Waals surface area contributed by atoms with Crippen LogP contribution in [0.3, 0.4) is 0 Å². The van der Waals surface area contributed by atoms with Gasteiger partial charge in [-0.2, -0.15) is 4.31 Å². The average Bonchev–Trinajstić information content (AvgIpc) is 2.37. The summed E-state index contributed by atoms with van der Waals surface area (Å²) in [6.07, 6.45) is -0.258. The first-order valence-corrected chi connectivity index (χ1v) is 8.72. The number of benzene rings is 1. The summed E-state index contributed by atoms with van der Waals surface area (Å²) in [5.74, 6) is 0.305. The van der Waals surface area contributed by atoms with Crippen LogP contribution < -0.4 is 0 Å². The lowest BCUT2D eigenvalue weighted by atomic mass is 10.1. The molecule has 1 aromatic rings. The lowest BCUT2D eigenvalue weighted by Crippen LogP contribution is -2.55. The average molecular weight is 318 g/mol. The van der Waals surface area contributed by atoms with Crippen LogP contribution in [0.4, 0.5) is 0 Å². The van der Waals surface area contributed by atoms with Gasteiger partial charge in [0.25, 0.3) is 0 Å². The van der Waals surface area contributed by atoms with Gasteiger partial charge in [-0.05, 0) is 19.4 Å². The highest BCUT2D eigenvalue weighted by molar-refractivity contribution is 7.88. The molecule has 0 spiro atoms. The number of sulfonamides is 1. The Balaban J connectivity index is 2.16. The van der Waals surface area contributed by atoms with Gasteiger partial charge in [0.05, 0.1) is 17.5 Å². The fraction of sp³-hybridized carbons (Fsp3) is 0.571. The lowest BCUT2D eigenvalue weighted by molar-refractivity contribution is -0.107. The van der Waals surface area contributed by atoms with Crippen molar-refractivity contribution in [3.05, 3.63) is 35.9 Å². The largest absolute Gasteiger partial charge is 0.368 e. The fourth-order valence-corrected chi connectivity index (χ4v) is 4.27. The van der Waals surface area contributed by atoms with Gasteiger partial charge in [0.1, 0.15) is 0 Å². The van der Waals surface area contributed by atoms with E-state index in [4.69, 9.17) is 16.3 Å². The van der Waals surface area contributed by atoms with Crippen molar-refractivity contribution >= 4 is 21.6 Å². The van der Waals surface area contributed by atoms with Crippen molar-refractivity contribution in [1.29, 1.82) is 0 Å². The minimum atomic E-state index is -3.36. The van der Waals surface area contributed by atoms with Crippen LogP contribution in [-0.2, 0) is 20.5 Å². The third-order valence-corrected chi connectivity index (χ3v) is 5.31. The summed E-state index contributed by atoms with van der Waals surface area (Å²) in [5.41, 5.74) is 0.279. The smallest absolute Gasteiger partial charge is 0.218 e. The number of ether oxygens (including phenoxy) is 1. The molecule has 20 heavy (non-hydrogen) atoms. The molecule has 6 heteroatoms. The highest BCUT2D eigenvalue weighted by Crippen LogP contribution is 2.25. The van der Waals surface area contributed by atoms with Crippen LogP contribution in [0, 0.1) is 0 Å². The van der Waals surface area contributed by atoms with Crippen LogP contribution in [0.5, 0.6) is 0 Å². The zero-order valence-electron chi connectivity index (χ0n) is 11.8. The van der Waals surface area contributed by atoms with Crippen LogP contribution in [-0.4, -0.2) is 43.4 Å². The summed E-state index contributed by atoms with van der Waals surface area (Å²) in [6, 6.07) is 9.20. The van der Waals surface area contributed by atoms with Crippen LogP contribution >= 0.6 is 11.6 Å². The molecule has 112 valence electrons. The molecule has 1 aliphatic rings. The van der Waals surface area contributed by atoms with E-state index in [0.29, 0.717) is 19.0 Å². The summed E-state index contributed by atoms with van der Waals surface area (Å²) in [5, 5.41) is 0. The van der Waals surface area contributed by atoms with Gasteiger partial charge >= 0.3 is 0 Å². The number of hydrogen-bond acceptors (Lipinski definition) is 3. The molecule has 1 heterocycles. The number of rotatable bonds is 4. The number of hydrogen-bond donors (Lipinski definition) is 0. The Labute approximate surface area is 125 Å². The second-order valence-electron chi connectivity index (χ2n) is 5.69. The second-order valence-corrected chi connectivity index (χ2v) is 7.97. The highest BCUT2D eigenvalue weighted by atomic mass is 35.5. The van der Waals surface area contributed by atoms with Gasteiger partial charge in [-0.15, -0.1) is 11.6 Å². The third kappa shape index (κ3) is 3.95. The minimum absolute atomic E-state index is 0.0128. The summed E-state index contributed by atoms with van der Waals surface area (Å²) < 4.78 is 32.3. The first-order valence-electron chi connectivity index (χ1n) is 6.58. The van der Waals surface area contributed by atoms with E-state index in [1.165, 1.54) is 4.31 Å². The summed E-state index contributed by atoms with van der Waals surface area (Å²) in [7, 11) is -3.36. The van der Waals surface area contributed by atoms with Crippen molar-refractivity contribution in [2.45, 2.75) is 31.3 Å². The second kappa shape index (κ2) is 6.02. The van der Waals surface area contributed by atoms with E-state index in [9.17, 15) is 8.42 Å². The molecular weight excluding hydrogens is 298 g/mol. The van der Waals surface area contributed by atoms with Crippen LogP contribution in [0.1, 0.15) is 19.4 Å². The van der Waals surface area contributed by atoms with E-state index in [0.717, 1.165) is 5.56 Å². The Kier molecular flexibility index (Phi) is 4.74.